The number of thiazole rings is 1. The minimum Gasteiger partial charge on any atom is -0.497 e. The van der Waals surface area contributed by atoms with Crippen LogP contribution in [0, 0.1) is 0 Å². The first-order valence-electron chi connectivity index (χ1n) is 9.72. The second-order valence-corrected chi connectivity index (χ2v) is 7.62. The summed E-state index contributed by atoms with van der Waals surface area (Å²) in [6, 6.07) is 11.9. The number of ether oxygens (including phenoxy) is 4. The van der Waals surface area contributed by atoms with Crippen molar-refractivity contribution >= 4 is 32.3 Å². The zero-order chi connectivity index (χ0) is 21.1. The van der Waals surface area contributed by atoms with Gasteiger partial charge in [0.25, 0.3) is 0 Å². The van der Waals surface area contributed by atoms with Crippen molar-refractivity contribution in [2.75, 3.05) is 46.4 Å². The number of methoxy groups -OCH3 is 3. The minimum absolute atomic E-state index is 0.588. The zero-order valence-electron chi connectivity index (χ0n) is 17.5. The van der Waals surface area contributed by atoms with E-state index in [1.165, 1.54) is 0 Å². The van der Waals surface area contributed by atoms with Crippen molar-refractivity contribution in [2.24, 2.45) is 0 Å². The lowest BCUT2D eigenvalue weighted by Gasteiger charge is -2.11. The highest BCUT2D eigenvalue weighted by Gasteiger charge is 2.20. The Morgan fingerprint density at radius 1 is 1.00 bits per heavy atom. The lowest BCUT2D eigenvalue weighted by atomic mass is 10.1. The summed E-state index contributed by atoms with van der Waals surface area (Å²) in [6.45, 7) is 3.87. The maximum atomic E-state index is 5.66. The van der Waals surface area contributed by atoms with Crippen LogP contribution >= 0.6 is 11.3 Å². The van der Waals surface area contributed by atoms with E-state index in [2.05, 4.69) is 21.9 Å². The number of hydrogen-bond acceptors (Lipinski definition) is 7. The quantitative estimate of drug-likeness (QED) is 0.391. The molecule has 0 atom stereocenters. The third kappa shape index (κ3) is 3.76. The van der Waals surface area contributed by atoms with Gasteiger partial charge in [0.15, 0.2) is 4.96 Å². The number of hydrogen-bond donors (Lipinski definition) is 1. The molecular weight excluding hydrogens is 402 g/mol. The van der Waals surface area contributed by atoms with Crippen LogP contribution in [0.15, 0.2) is 36.4 Å². The smallest absolute Gasteiger partial charge is 0.197 e. The van der Waals surface area contributed by atoms with E-state index in [1.54, 1.807) is 32.7 Å². The van der Waals surface area contributed by atoms with Gasteiger partial charge in [-0.05, 0) is 37.3 Å². The molecule has 158 valence electrons. The summed E-state index contributed by atoms with van der Waals surface area (Å²) < 4.78 is 25.1. The number of imidazole rings is 1. The van der Waals surface area contributed by atoms with Crippen molar-refractivity contribution in [1.29, 1.82) is 0 Å². The largest absolute Gasteiger partial charge is 0.497 e. The molecule has 0 radical (unpaired) electrons. The maximum absolute atomic E-state index is 5.66. The van der Waals surface area contributed by atoms with Crippen LogP contribution in [-0.2, 0) is 4.74 Å². The van der Waals surface area contributed by atoms with Crippen molar-refractivity contribution < 1.29 is 18.9 Å². The number of benzene rings is 2. The maximum Gasteiger partial charge on any atom is 0.197 e. The van der Waals surface area contributed by atoms with E-state index in [1.807, 2.05) is 31.2 Å². The van der Waals surface area contributed by atoms with E-state index in [9.17, 15) is 0 Å². The van der Waals surface area contributed by atoms with Gasteiger partial charge in [-0.25, -0.2) is 4.98 Å². The fraction of sp³-hybridized carbons (Fsp3) is 0.318. The van der Waals surface area contributed by atoms with E-state index < -0.39 is 0 Å². The van der Waals surface area contributed by atoms with E-state index in [4.69, 9.17) is 23.9 Å². The first-order chi connectivity index (χ1) is 14.7. The van der Waals surface area contributed by atoms with Crippen LogP contribution < -0.4 is 19.5 Å². The molecule has 0 aliphatic rings. The summed E-state index contributed by atoms with van der Waals surface area (Å²) >= 11 is 1.63. The average Bonchev–Trinajstić information content (AvgIpc) is 3.29. The van der Waals surface area contributed by atoms with Gasteiger partial charge in [-0.15, -0.1) is 0 Å². The molecule has 2 aromatic carbocycles. The van der Waals surface area contributed by atoms with Crippen molar-refractivity contribution in [3.05, 3.63) is 36.4 Å². The summed E-state index contributed by atoms with van der Waals surface area (Å²) in [5.74, 6) is 3.21. The Bertz CT molecular complexity index is 1150. The molecule has 1 N–H and O–H groups in total. The average molecular weight is 428 g/mol. The third-order valence-corrected chi connectivity index (χ3v) is 5.76. The van der Waals surface area contributed by atoms with Gasteiger partial charge in [0.1, 0.15) is 28.8 Å². The van der Waals surface area contributed by atoms with Crippen LogP contribution in [0.3, 0.4) is 0 Å². The van der Waals surface area contributed by atoms with Gasteiger partial charge in [0.2, 0.25) is 0 Å². The van der Waals surface area contributed by atoms with E-state index in [-0.39, 0.29) is 0 Å². The number of rotatable bonds is 9. The summed E-state index contributed by atoms with van der Waals surface area (Å²) in [5, 5.41) is 3.50. The molecule has 0 spiro atoms. The summed E-state index contributed by atoms with van der Waals surface area (Å²) in [6.07, 6.45) is 0. The predicted molar refractivity (Wildman–Crippen MR) is 121 cm³/mol. The van der Waals surface area contributed by atoms with Crippen molar-refractivity contribution in [1.82, 2.24) is 9.38 Å². The standard InChI is InChI=1S/C22H25N3O4S/c1-5-29-15-6-7-18-19(13-15)30-22-24-20(21(25(18)22)23-8-9-26-2)14-10-16(27-3)12-17(11-14)28-4/h6-7,10-13,23H,5,8-9H2,1-4H3. The summed E-state index contributed by atoms with van der Waals surface area (Å²) in [4.78, 5) is 5.85. The molecule has 2 aromatic heterocycles. The van der Waals surface area contributed by atoms with Crippen LogP contribution in [0.5, 0.6) is 17.2 Å². The van der Waals surface area contributed by atoms with Crippen LogP contribution in [0.1, 0.15) is 6.92 Å². The zero-order valence-corrected chi connectivity index (χ0v) is 18.3. The lowest BCUT2D eigenvalue weighted by molar-refractivity contribution is 0.210. The molecule has 0 aliphatic carbocycles. The van der Waals surface area contributed by atoms with Gasteiger partial charge >= 0.3 is 0 Å². The van der Waals surface area contributed by atoms with Crippen LogP contribution in [0.2, 0.25) is 0 Å². The van der Waals surface area contributed by atoms with Crippen LogP contribution in [-0.4, -0.2) is 50.5 Å². The Labute approximate surface area is 179 Å². The van der Waals surface area contributed by atoms with Gasteiger partial charge in [0.05, 0.1) is 37.6 Å². The molecule has 0 bridgehead atoms. The summed E-state index contributed by atoms with van der Waals surface area (Å²) in [7, 11) is 4.98. The first kappa shape index (κ1) is 20.3. The van der Waals surface area contributed by atoms with E-state index in [0.717, 1.165) is 49.5 Å². The Kier molecular flexibility index (Phi) is 5.96. The van der Waals surface area contributed by atoms with E-state index >= 15 is 0 Å². The Hall–Kier alpha value is -2.97. The number of fused-ring (bicyclic) bond motifs is 3. The fourth-order valence-corrected chi connectivity index (χ4v) is 4.44. The molecule has 2 heterocycles. The van der Waals surface area contributed by atoms with Crippen LogP contribution in [0.4, 0.5) is 5.82 Å². The van der Waals surface area contributed by atoms with Gasteiger partial charge in [0, 0.05) is 25.3 Å². The number of nitrogens with one attached hydrogen (secondary N) is 1. The Morgan fingerprint density at radius 2 is 1.77 bits per heavy atom. The molecule has 0 aliphatic heterocycles. The van der Waals surface area contributed by atoms with Gasteiger partial charge in [-0.1, -0.05) is 11.3 Å². The molecule has 0 unspecified atom stereocenters. The number of aromatic nitrogens is 2. The molecule has 4 aromatic rings. The van der Waals surface area contributed by atoms with Gasteiger partial charge < -0.3 is 24.3 Å². The second-order valence-electron chi connectivity index (χ2n) is 6.61. The van der Waals surface area contributed by atoms with Crippen molar-refractivity contribution in [3.8, 4) is 28.5 Å². The highest BCUT2D eigenvalue weighted by atomic mass is 32.1. The molecule has 4 rings (SSSR count). The third-order valence-electron chi connectivity index (χ3n) is 4.75. The Balaban J connectivity index is 1.89. The highest BCUT2D eigenvalue weighted by Crippen LogP contribution is 2.39. The normalized spacial score (nSPS) is 11.2. The molecular formula is C22H25N3O4S. The van der Waals surface area contributed by atoms with Crippen molar-refractivity contribution in [2.45, 2.75) is 6.92 Å². The van der Waals surface area contributed by atoms with Crippen LogP contribution in [0.25, 0.3) is 26.4 Å². The number of anilines is 1. The first-order valence-corrected chi connectivity index (χ1v) is 10.5. The fourth-order valence-electron chi connectivity index (χ4n) is 3.39. The van der Waals surface area contributed by atoms with Gasteiger partial charge in [-0.3, -0.25) is 4.40 Å². The predicted octanol–water partition coefficient (Wildman–Crippen LogP) is 4.69. The molecule has 8 heteroatoms. The molecule has 30 heavy (non-hydrogen) atoms. The molecule has 0 amide bonds. The highest BCUT2D eigenvalue weighted by molar-refractivity contribution is 7.23. The van der Waals surface area contributed by atoms with Gasteiger partial charge in [-0.2, -0.15) is 0 Å². The molecule has 0 saturated carbocycles. The lowest BCUT2D eigenvalue weighted by Crippen LogP contribution is -2.10. The minimum atomic E-state index is 0.588. The molecule has 7 nitrogen and oxygen atoms in total. The SMILES string of the molecule is CCOc1ccc2c(c1)sc1nc(-c3cc(OC)cc(OC)c3)c(NCCOC)n12. The molecule has 0 saturated heterocycles. The van der Waals surface area contributed by atoms with Crippen molar-refractivity contribution in [3.63, 3.8) is 0 Å². The van der Waals surface area contributed by atoms with E-state index in [0.29, 0.717) is 19.8 Å². The summed E-state index contributed by atoms with van der Waals surface area (Å²) in [5.41, 5.74) is 2.83. The monoisotopic (exact) mass is 427 g/mol. The second kappa shape index (κ2) is 8.81. The molecule has 0 fully saturated rings. The Morgan fingerprint density at radius 3 is 2.43 bits per heavy atom. The number of nitrogens with zero attached hydrogens (tertiary/aromatic N) is 2. The topological polar surface area (TPSA) is 66.2 Å².